The maximum atomic E-state index is 12.9. The Morgan fingerprint density at radius 1 is 1.19 bits per heavy atom. The Balaban J connectivity index is 0.00000196. The number of hydrogen-bond acceptors (Lipinski definition) is 3. The number of piperidine rings is 1. The van der Waals surface area contributed by atoms with Gasteiger partial charge in [-0.1, -0.05) is 24.3 Å². The van der Waals surface area contributed by atoms with Crippen LogP contribution in [-0.4, -0.2) is 48.9 Å². The van der Waals surface area contributed by atoms with Gasteiger partial charge in [0, 0.05) is 19.6 Å². The lowest BCUT2D eigenvalue weighted by molar-refractivity contribution is -0.135. The van der Waals surface area contributed by atoms with Gasteiger partial charge in [0.25, 0.3) is 0 Å². The van der Waals surface area contributed by atoms with Crippen molar-refractivity contribution in [3.63, 3.8) is 0 Å². The highest BCUT2D eigenvalue weighted by molar-refractivity contribution is 5.87. The van der Waals surface area contributed by atoms with E-state index < -0.39 is 0 Å². The van der Waals surface area contributed by atoms with E-state index in [-0.39, 0.29) is 36.2 Å². The standard InChI is InChI=1S/C20H27N3O2.ClH/c24-19(18-8-3-9-21-18)22-12-14-5-4-10-23(13-14)20(25)17-11-15-6-1-2-7-16(15)17;/h1-2,6-7,14,17-18,21H,3-5,8-13H2,(H,22,24);1H. The summed E-state index contributed by atoms with van der Waals surface area (Å²) in [4.78, 5) is 27.0. The van der Waals surface area contributed by atoms with Gasteiger partial charge in [-0.25, -0.2) is 0 Å². The summed E-state index contributed by atoms with van der Waals surface area (Å²) < 4.78 is 0. The zero-order chi connectivity index (χ0) is 17.2. The molecule has 1 aromatic rings. The maximum Gasteiger partial charge on any atom is 0.237 e. The van der Waals surface area contributed by atoms with Gasteiger partial charge in [-0.05, 0) is 55.7 Å². The summed E-state index contributed by atoms with van der Waals surface area (Å²) in [6.45, 7) is 3.25. The van der Waals surface area contributed by atoms with Crippen LogP contribution < -0.4 is 10.6 Å². The van der Waals surface area contributed by atoms with E-state index >= 15 is 0 Å². The van der Waals surface area contributed by atoms with Gasteiger partial charge in [-0.3, -0.25) is 9.59 Å². The first-order valence-corrected chi connectivity index (χ1v) is 9.60. The monoisotopic (exact) mass is 377 g/mol. The molecule has 3 unspecified atom stereocenters. The fraction of sp³-hybridized carbons (Fsp3) is 0.600. The number of benzene rings is 1. The van der Waals surface area contributed by atoms with Gasteiger partial charge in [-0.15, -0.1) is 12.4 Å². The van der Waals surface area contributed by atoms with Crippen LogP contribution in [0.1, 0.15) is 42.7 Å². The normalized spacial score (nSPS) is 27.1. The van der Waals surface area contributed by atoms with E-state index in [9.17, 15) is 9.59 Å². The van der Waals surface area contributed by atoms with Gasteiger partial charge in [0.1, 0.15) is 0 Å². The fourth-order valence-electron chi connectivity index (χ4n) is 4.41. The number of halogens is 1. The van der Waals surface area contributed by atoms with Gasteiger partial charge in [-0.2, -0.15) is 0 Å². The molecule has 26 heavy (non-hydrogen) atoms. The summed E-state index contributed by atoms with van der Waals surface area (Å²) in [6, 6.07) is 8.23. The zero-order valence-corrected chi connectivity index (χ0v) is 15.9. The molecular weight excluding hydrogens is 350 g/mol. The number of nitrogens with zero attached hydrogens (tertiary/aromatic N) is 1. The molecule has 0 aromatic heterocycles. The first-order chi connectivity index (χ1) is 12.2. The van der Waals surface area contributed by atoms with Gasteiger partial charge in [0.15, 0.2) is 0 Å². The number of likely N-dealkylation sites (tertiary alicyclic amines) is 1. The molecule has 0 bridgehead atoms. The lowest BCUT2D eigenvalue weighted by Gasteiger charge is -2.38. The summed E-state index contributed by atoms with van der Waals surface area (Å²) in [7, 11) is 0. The van der Waals surface area contributed by atoms with E-state index in [1.807, 2.05) is 17.0 Å². The molecule has 2 N–H and O–H groups in total. The molecule has 1 aliphatic carbocycles. The molecule has 0 radical (unpaired) electrons. The Bertz CT molecular complexity index is 660. The first-order valence-electron chi connectivity index (χ1n) is 9.60. The van der Waals surface area contributed by atoms with E-state index in [0.717, 1.165) is 51.7 Å². The van der Waals surface area contributed by atoms with Crippen molar-refractivity contribution in [3.8, 4) is 0 Å². The van der Waals surface area contributed by atoms with Crippen LogP contribution in [0.5, 0.6) is 0 Å². The second kappa shape index (κ2) is 8.40. The molecule has 2 aliphatic heterocycles. The highest BCUT2D eigenvalue weighted by Crippen LogP contribution is 2.36. The molecule has 6 heteroatoms. The lowest BCUT2D eigenvalue weighted by Crippen LogP contribution is -2.48. The number of amides is 2. The van der Waals surface area contributed by atoms with Crippen molar-refractivity contribution in [3.05, 3.63) is 35.4 Å². The largest absolute Gasteiger partial charge is 0.354 e. The lowest BCUT2D eigenvalue weighted by atomic mass is 9.76. The molecular formula is C20H28ClN3O2. The molecule has 0 saturated carbocycles. The predicted octanol–water partition coefficient (Wildman–Crippen LogP) is 1.85. The Morgan fingerprint density at radius 2 is 2.04 bits per heavy atom. The number of nitrogens with one attached hydrogen (secondary N) is 2. The van der Waals surface area contributed by atoms with Crippen molar-refractivity contribution < 1.29 is 9.59 Å². The second-order valence-corrected chi connectivity index (χ2v) is 7.64. The summed E-state index contributed by atoms with van der Waals surface area (Å²) in [5.41, 5.74) is 2.51. The van der Waals surface area contributed by atoms with Gasteiger partial charge in [0.2, 0.25) is 11.8 Å². The summed E-state index contributed by atoms with van der Waals surface area (Å²) in [5.74, 6) is 0.812. The van der Waals surface area contributed by atoms with Crippen molar-refractivity contribution in [2.24, 2.45) is 5.92 Å². The van der Waals surface area contributed by atoms with Crippen LogP contribution in [0, 0.1) is 5.92 Å². The van der Waals surface area contributed by atoms with Crippen LogP contribution in [0.15, 0.2) is 24.3 Å². The van der Waals surface area contributed by atoms with Crippen molar-refractivity contribution in [1.29, 1.82) is 0 Å². The zero-order valence-electron chi connectivity index (χ0n) is 15.1. The van der Waals surface area contributed by atoms with E-state index in [1.165, 1.54) is 11.1 Å². The minimum absolute atomic E-state index is 0. The van der Waals surface area contributed by atoms with Gasteiger partial charge < -0.3 is 15.5 Å². The van der Waals surface area contributed by atoms with Crippen LogP contribution in [0.2, 0.25) is 0 Å². The molecule has 142 valence electrons. The highest BCUT2D eigenvalue weighted by Gasteiger charge is 2.36. The quantitative estimate of drug-likeness (QED) is 0.841. The highest BCUT2D eigenvalue weighted by atomic mass is 35.5. The number of carbonyl (C=O) groups is 2. The maximum absolute atomic E-state index is 12.9. The molecule has 5 nitrogen and oxygen atoms in total. The number of rotatable bonds is 4. The minimum Gasteiger partial charge on any atom is -0.354 e. The third kappa shape index (κ3) is 3.89. The van der Waals surface area contributed by atoms with Crippen molar-refractivity contribution in [1.82, 2.24) is 15.5 Å². The Hall–Kier alpha value is -1.59. The van der Waals surface area contributed by atoms with Crippen LogP contribution in [0.25, 0.3) is 0 Å². The third-order valence-electron chi connectivity index (χ3n) is 5.93. The smallest absolute Gasteiger partial charge is 0.237 e. The topological polar surface area (TPSA) is 61.4 Å². The second-order valence-electron chi connectivity index (χ2n) is 7.64. The first kappa shape index (κ1) is 19.2. The summed E-state index contributed by atoms with van der Waals surface area (Å²) >= 11 is 0. The molecule has 2 amide bonds. The van der Waals surface area contributed by atoms with Crippen LogP contribution in [-0.2, 0) is 16.0 Å². The van der Waals surface area contributed by atoms with Crippen LogP contribution >= 0.6 is 12.4 Å². The fourth-order valence-corrected chi connectivity index (χ4v) is 4.41. The Labute approximate surface area is 161 Å². The molecule has 3 atom stereocenters. The van der Waals surface area contributed by atoms with Crippen LogP contribution in [0.4, 0.5) is 0 Å². The molecule has 1 aromatic carbocycles. The average Bonchev–Trinajstić information content (AvgIpc) is 3.16. The van der Waals surface area contributed by atoms with E-state index in [4.69, 9.17) is 0 Å². The molecule has 2 saturated heterocycles. The van der Waals surface area contributed by atoms with Crippen molar-refractivity contribution in [2.75, 3.05) is 26.2 Å². The SMILES string of the molecule is Cl.O=C(NCC1CCCN(C(=O)C2Cc3ccccc32)C1)C1CCCN1. The molecule has 0 spiro atoms. The van der Waals surface area contributed by atoms with Gasteiger partial charge >= 0.3 is 0 Å². The molecule has 3 aliphatic rings. The number of carbonyl (C=O) groups excluding carboxylic acids is 2. The Morgan fingerprint density at radius 3 is 2.81 bits per heavy atom. The van der Waals surface area contributed by atoms with E-state index in [2.05, 4.69) is 22.8 Å². The summed E-state index contributed by atoms with van der Waals surface area (Å²) in [6.07, 6.45) is 5.00. The number of fused-ring (bicyclic) bond motifs is 1. The molecule has 4 rings (SSSR count). The van der Waals surface area contributed by atoms with Crippen molar-refractivity contribution >= 4 is 24.2 Å². The summed E-state index contributed by atoms with van der Waals surface area (Å²) in [5, 5.41) is 6.32. The average molecular weight is 378 g/mol. The molecule has 2 fully saturated rings. The van der Waals surface area contributed by atoms with E-state index in [0.29, 0.717) is 12.5 Å². The third-order valence-corrected chi connectivity index (χ3v) is 5.93. The predicted molar refractivity (Wildman–Crippen MR) is 103 cm³/mol. The van der Waals surface area contributed by atoms with Crippen LogP contribution in [0.3, 0.4) is 0 Å². The molecule has 2 heterocycles. The number of hydrogen-bond donors (Lipinski definition) is 2. The van der Waals surface area contributed by atoms with Gasteiger partial charge in [0.05, 0.1) is 12.0 Å². The van der Waals surface area contributed by atoms with Crippen molar-refractivity contribution in [2.45, 2.75) is 44.1 Å². The van der Waals surface area contributed by atoms with E-state index in [1.54, 1.807) is 0 Å². The Kier molecular flexibility index (Phi) is 6.20. The minimum atomic E-state index is -0.0206.